The van der Waals surface area contributed by atoms with Gasteiger partial charge in [-0.15, -0.1) is 0 Å². The number of rotatable bonds is 6. The molecule has 144 valence electrons. The summed E-state index contributed by atoms with van der Waals surface area (Å²) in [5.41, 5.74) is 1.33. The minimum absolute atomic E-state index is 0.00988. The summed E-state index contributed by atoms with van der Waals surface area (Å²) in [6, 6.07) is 14.1. The molecule has 0 radical (unpaired) electrons. The highest BCUT2D eigenvalue weighted by Crippen LogP contribution is 2.26. The van der Waals surface area contributed by atoms with Crippen LogP contribution in [-0.2, 0) is 16.4 Å². The third kappa shape index (κ3) is 4.42. The second kappa shape index (κ2) is 8.00. The van der Waals surface area contributed by atoms with Crippen molar-refractivity contribution < 1.29 is 22.7 Å². The molecule has 0 bridgehead atoms. The van der Waals surface area contributed by atoms with Crippen molar-refractivity contribution >= 4 is 15.7 Å². The van der Waals surface area contributed by atoms with Crippen LogP contribution in [0.4, 0.5) is 0 Å². The molecule has 1 atom stereocenters. The molecule has 27 heavy (non-hydrogen) atoms. The van der Waals surface area contributed by atoms with Crippen molar-refractivity contribution in [1.29, 1.82) is 0 Å². The van der Waals surface area contributed by atoms with Crippen molar-refractivity contribution in [2.75, 3.05) is 25.7 Å². The summed E-state index contributed by atoms with van der Waals surface area (Å²) >= 11 is 0. The molecule has 0 saturated carbocycles. The summed E-state index contributed by atoms with van der Waals surface area (Å²) in [5.74, 6) is 1.07. The number of carbonyl (C=O) groups is 1. The van der Waals surface area contributed by atoms with Crippen molar-refractivity contribution in [1.82, 2.24) is 4.90 Å². The maximum absolute atomic E-state index is 13.3. The van der Waals surface area contributed by atoms with Crippen molar-refractivity contribution in [3.05, 3.63) is 59.7 Å². The van der Waals surface area contributed by atoms with Gasteiger partial charge in [-0.1, -0.05) is 24.3 Å². The van der Waals surface area contributed by atoms with E-state index in [-0.39, 0.29) is 23.5 Å². The maximum atomic E-state index is 13.3. The number of carbonyl (C=O) groups excluding carboxylic acids is 1. The highest BCUT2D eigenvalue weighted by molar-refractivity contribution is 7.91. The molecule has 0 spiro atoms. The average molecular weight is 389 g/mol. The number of amides is 1. The maximum Gasteiger partial charge on any atom is 0.258 e. The highest BCUT2D eigenvalue weighted by Gasteiger charge is 2.35. The monoisotopic (exact) mass is 389 g/mol. The smallest absolute Gasteiger partial charge is 0.258 e. The molecule has 2 aromatic carbocycles. The Hall–Kier alpha value is -2.54. The molecule has 6 nitrogen and oxygen atoms in total. The average Bonchev–Trinajstić information content (AvgIpc) is 3.05. The summed E-state index contributed by atoms with van der Waals surface area (Å²) in [7, 11) is -0.0130. The quantitative estimate of drug-likeness (QED) is 0.759. The topological polar surface area (TPSA) is 72.9 Å². The van der Waals surface area contributed by atoms with Crippen LogP contribution in [0.1, 0.15) is 22.3 Å². The summed E-state index contributed by atoms with van der Waals surface area (Å²) < 4.78 is 34.5. The molecule has 1 aliphatic rings. The van der Waals surface area contributed by atoms with Gasteiger partial charge in [0.2, 0.25) is 0 Å². The van der Waals surface area contributed by atoms with E-state index in [1.165, 1.54) is 7.11 Å². The van der Waals surface area contributed by atoms with Crippen molar-refractivity contribution in [2.45, 2.75) is 19.0 Å². The molecule has 1 aliphatic heterocycles. The number of nitrogens with zero attached hydrogens (tertiary/aromatic N) is 1. The van der Waals surface area contributed by atoms with E-state index in [2.05, 4.69) is 0 Å². The van der Waals surface area contributed by atoms with E-state index in [0.717, 1.165) is 11.3 Å². The van der Waals surface area contributed by atoms with Crippen LogP contribution < -0.4 is 9.47 Å². The van der Waals surface area contributed by atoms with Crippen molar-refractivity contribution in [3.63, 3.8) is 0 Å². The Kier molecular flexibility index (Phi) is 5.70. The molecular weight excluding hydrogens is 366 g/mol. The first kappa shape index (κ1) is 19.2. The van der Waals surface area contributed by atoms with E-state index in [9.17, 15) is 13.2 Å². The van der Waals surface area contributed by atoms with Crippen LogP contribution in [0.5, 0.6) is 11.5 Å². The zero-order valence-corrected chi connectivity index (χ0v) is 16.2. The molecule has 2 aromatic rings. The Bertz CT molecular complexity index is 908. The van der Waals surface area contributed by atoms with Crippen LogP contribution in [0.15, 0.2) is 48.5 Å². The van der Waals surface area contributed by atoms with Gasteiger partial charge < -0.3 is 14.4 Å². The number of hydrogen-bond acceptors (Lipinski definition) is 5. The second-order valence-corrected chi connectivity index (χ2v) is 8.77. The third-order valence-electron chi connectivity index (χ3n) is 4.76. The standard InChI is InChI=1S/C20H23NO5S/c1-25-17-9-7-15(8-10-17)13-21(16-11-12-27(23,24)14-16)20(22)18-5-3-4-6-19(18)26-2/h3-10,16H,11-14H2,1-2H3/t16-/m1/s1. The molecular formula is C20H23NO5S. The molecule has 0 unspecified atom stereocenters. The number of benzene rings is 2. The van der Waals surface area contributed by atoms with Gasteiger partial charge in [0, 0.05) is 12.6 Å². The van der Waals surface area contributed by atoms with E-state index in [1.54, 1.807) is 36.3 Å². The van der Waals surface area contributed by atoms with E-state index in [1.807, 2.05) is 24.3 Å². The third-order valence-corrected chi connectivity index (χ3v) is 6.51. The van der Waals surface area contributed by atoms with Crippen LogP contribution in [0.25, 0.3) is 0 Å². The second-order valence-electron chi connectivity index (χ2n) is 6.54. The van der Waals surface area contributed by atoms with Gasteiger partial charge in [-0.2, -0.15) is 0 Å². The molecule has 7 heteroatoms. The minimum atomic E-state index is -3.12. The fraction of sp³-hybridized carbons (Fsp3) is 0.350. The number of hydrogen-bond donors (Lipinski definition) is 0. The summed E-state index contributed by atoms with van der Waals surface area (Å²) in [6.45, 7) is 0.320. The first-order valence-corrected chi connectivity index (χ1v) is 10.5. The summed E-state index contributed by atoms with van der Waals surface area (Å²) in [5, 5.41) is 0. The van der Waals surface area contributed by atoms with E-state index in [4.69, 9.17) is 9.47 Å². The molecule has 1 heterocycles. The van der Waals surface area contributed by atoms with E-state index < -0.39 is 9.84 Å². The van der Waals surface area contributed by atoms with Crippen LogP contribution in [-0.4, -0.2) is 51.0 Å². The predicted molar refractivity (Wildman–Crippen MR) is 103 cm³/mol. The highest BCUT2D eigenvalue weighted by atomic mass is 32.2. The number of sulfone groups is 1. The van der Waals surface area contributed by atoms with Gasteiger partial charge >= 0.3 is 0 Å². The molecule has 1 fully saturated rings. The fourth-order valence-corrected chi connectivity index (χ4v) is 5.02. The Morgan fingerprint density at radius 2 is 1.78 bits per heavy atom. The van der Waals surface area contributed by atoms with E-state index in [0.29, 0.717) is 24.3 Å². The SMILES string of the molecule is COc1ccc(CN(C(=O)c2ccccc2OC)[C@@H]2CCS(=O)(=O)C2)cc1. The Morgan fingerprint density at radius 1 is 1.07 bits per heavy atom. The number of methoxy groups -OCH3 is 2. The Balaban J connectivity index is 1.92. The lowest BCUT2D eigenvalue weighted by molar-refractivity contribution is 0.0677. The summed E-state index contributed by atoms with van der Waals surface area (Å²) in [6.07, 6.45) is 0.444. The minimum Gasteiger partial charge on any atom is -0.497 e. The zero-order chi connectivity index (χ0) is 19.4. The van der Waals surface area contributed by atoms with Crippen LogP contribution in [0, 0.1) is 0 Å². The number of ether oxygens (including phenoxy) is 2. The lowest BCUT2D eigenvalue weighted by Crippen LogP contribution is -2.40. The molecule has 0 aromatic heterocycles. The van der Waals surface area contributed by atoms with Gasteiger partial charge in [-0.25, -0.2) is 8.42 Å². The van der Waals surface area contributed by atoms with Gasteiger partial charge in [0.05, 0.1) is 31.3 Å². The van der Waals surface area contributed by atoms with Gasteiger partial charge in [0.15, 0.2) is 9.84 Å². The van der Waals surface area contributed by atoms with Gasteiger partial charge in [-0.3, -0.25) is 4.79 Å². The van der Waals surface area contributed by atoms with Gasteiger partial charge in [0.25, 0.3) is 5.91 Å². The first-order valence-electron chi connectivity index (χ1n) is 8.71. The lowest BCUT2D eigenvalue weighted by Gasteiger charge is -2.29. The Labute approximate surface area is 159 Å². The van der Waals surface area contributed by atoms with E-state index >= 15 is 0 Å². The lowest BCUT2D eigenvalue weighted by atomic mass is 10.1. The normalized spacial score (nSPS) is 18.1. The molecule has 0 N–H and O–H groups in total. The Morgan fingerprint density at radius 3 is 2.37 bits per heavy atom. The zero-order valence-electron chi connectivity index (χ0n) is 15.4. The van der Waals surface area contributed by atoms with Gasteiger partial charge in [-0.05, 0) is 36.2 Å². The largest absolute Gasteiger partial charge is 0.497 e. The van der Waals surface area contributed by atoms with Crippen molar-refractivity contribution in [3.8, 4) is 11.5 Å². The molecule has 1 amide bonds. The molecule has 1 saturated heterocycles. The van der Waals surface area contributed by atoms with Crippen molar-refractivity contribution in [2.24, 2.45) is 0 Å². The summed E-state index contributed by atoms with van der Waals surface area (Å²) in [4.78, 5) is 14.9. The fourth-order valence-electron chi connectivity index (χ4n) is 3.29. The van der Waals surface area contributed by atoms with Gasteiger partial charge in [0.1, 0.15) is 11.5 Å². The first-order chi connectivity index (χ1) is 12.9. The predicted octanol–water partition coefficient (Wildman–Crippen LogP) is 2.53. The van der Waals surface area contributed by atoms with Crippen LogP contribution >= 0.6 is 0 Å². The van der Waals surface area contributed by atoms with Crippen LogP contribution in [0.2, 0.25) is 0 Å². The molecule has 0 aliphatic carbocycles. The number of para-hydroxylation sites is 1. The van der Waals surface area contributed by atoms with Crippen LogP contribution in [0.3, 0.4) is 0 Å². The molecule has 3 rings (SSSR count).